The lowest BCUT2D eigenvalue weighted by molar-refractivity contribution is -0.137. The number of carboxylic acids is 1. The first-order valence-corrected chi connectivity index (χ1v) is 11.4. The number of amides is 3. The number of nitrogens with zero attached hydrogens (tertiary/aromatic N) is 1. The van der Waals surface area contributed by atoms with E-state index >= 15 is 0 Å². The predicted molar refractivity (Wildman–Crippen MR) is 137 cm³/mol. The number of hydrogen-bond acceptors (Lipinski definition) is 5. The summed E-state index contributed by atoms with van der Waals surface area (Å²) in [5.74, 6) is -0.940. The lowest BCUT2D eigenvalue weighted by Crippen LogP contribution is -2.28. The third kappa shape index (κ3) is 8.01. The molecule has 3 amide bonds. The van der Waals surface area contributed by atoms with Crippen LogP contribution < -0.4 is 21.3 Å². The summed E-state index contributed by atoms with van der Waals surface area (Å²) in [6.45, 7) is 2.26. The number of carboxylic acid groups (broad SMARTS) is 1. The van der Waals surface area contributed by atoms with Crippen LogP contribution in [0.2, 0.25) is 5.02 Å². The van der Waals surface area contributed by atoms with E-state index in [0.717, 1.165) is 5.56 Å². The van der Waals surface area contributed by atoms with Crippen LogP contribution >= 0.6 is 11.6 Å². The van der Waals surface area contributed by atoms with E-state index in [2.05, 4.69) is 26.3 Å². The van der Waals surface area contributed by atoms with Crippen LogP contribution in [0, 0.1) is 0 Å². The fraction of sp³-hybridized carbons (Fsp3) is 0.200. The number of halogens is 1. The average molecular weight is 496 g/mol. The summed E-state index contributed by atoms with van der Waals surface area (Å²) in [6.07, 6.45) is 2.68. The molecule has 3 aromatic rings. The van der Waals surface area contributed by atoms with Gasteiger partial charge in [0.25, 0.3) is 5.91 Å². The summed E-state index contributed by atoms with van der Waals surface area (Å²) in [5, 5.41) is 20.6. The van der Waals surface area contributed by atoms with Gasteiger partial charge in [-0.3, -0.25) is 14.9 Å². The second-order valence-electron chi connectivity index (χ2n) is 7.63. The minimum Gasteiger partial charge on any atom is -0.481 e. The number of anilines is 4. The van der Waals surface area contributed by atoms with E-state index in [1.165, 1.54) is 6.20 Å². The van der Waals surface area contributed by atoms with Gasteiger partial charge in [-0.05, 0) is 61.7 Å². The Kier molecular flexibility index (Phi) is 9.02. The highest BCUT2D eigenvalue weighted by Crippen LogP contribution is 2.25. The monoisotopic (exact) mass is 495 g/mol. The van der Waals surface area contributed by atoms with E-state index < -0.39 is 17.9 Å². The highest BCUT2D eigenvalue weighted by molar-refractivity contribution is 6.30. The first kappa shape index (κ1) is 25.5. The molecule has 0 fully saturated rings. The van der Waals surface area contributed by atoms with Crippen molar-refractivity contribution in [2.24, 2.45) is 0 Å². The summed E-state index contributed by atoms with van der Waals surface area (Å²) in [7, 11) is 0. The van der Waals surface area contributed by atoms with Crippen molar-refractivity contribution in [3.8, 4) is 0 Å². The van der Waals surface area contributed by atoms with Gasteiger partial charge in [0, 0.05) is 41.6 Å². The zero-order valence-corrected chi connectivity index (χ0v) is 19.9. The summed E-state index contributed by atoms with van der Waals surface area (Å²) in [5.41, 5.74) is 2.98. The van der Waals surface area contributed by atoms with Gasteiger partial charge in [-0.25, -0.2) is 9.78 Å². The Morgan fingerprint density at radius 3 is 2.31 bits per heavy atom. The summed E-state index contributed by atoms with van der Waals surface area (Å²) < 4.78 is 0. The number of urea groups is 1. The van der Waals surface area contributed by atoms with Crippen molar-refractivity contribution in [2.75, 3.05) is 22.5 Å². The van der Waals surface area contributed by atoms with Crippen LogP contribution in [0.1, 0.15) is 35.7 Å². The van der Waals surface area contributed by atoms with Gasteiger partial charge in [-0.15, -0.1) is 0 Å². The van der Waals surface area contributed by atoms with Crippen LogP contribution in [-0.4, -0.2) is 34.5 Å². The fourth-order valence-corrected chi connectivity index (χ4v) is 3.34. The van der Waals surface area contributed by atoms with Crippen molar-refractivity contribution >= 4 is 52.4 Å². The SMILES string of the molecule is CCNC(=O)Nc1cc(Nc2ccc(Cl)cc2)c(C(=O)Nc2ccc(CCCC(=O)O)cc2)cn1. The topological polar surface area (TPSA) is 132 Å². The standard InChI is InChI=1S/C25H26ClN5O4/c1-2-27-25(35)31-22-14-21(29-18-12-8-17(26)9-13-18)20(15-28-22)24(34)30-19-10-6-16(7-11-19)4-3-5-23(32)33/h6-15H,2-5H2,1H3,(H,30,34)(H,32,33)(H3,27,28,29,31,35). The van der Waals surface area contributed by atoms with Crippen molar-refractivity contribution < 1.29 is 19.5 Å². The Morgan fingerprint density at radius 1 is 0.971 bits per heavy atom. The number of carbonyl (C=O) groups is 3. The predicted octanol–water partition coefficient (Wildman–Crippen LogP) is 5.28. The molecule has 2 aromatic carbocycles. The molecule has 0 saturated carbocycles. The molecule has 9 nitrogen and oxygen atoms in total. The first-order chi connectivity index (χ1) is 16.8. The largest absolute Gasteiger partial charge is 0.481 e. The van der Waals surface area contributed by atoms with Crippen molar-refractivity contribution in [2.45, 2.75) is 26.2 Å². The molecule has 0 saturated heterocycles. The second kappa shape index (κ2) is 12.4. The van der Waals surface area contributed by atoms with Crippen molar-refractivity contribution in [3.63, 3.8) is 0 Å². The third-order valence-electron chi connectivity index (χ3n) is 4.92. The van der Waals surface area contributed by atoms with Gasteiger partial charge in [0.2, 0.25) is 0 Å². The number of pyridine rings is 1. The Morgan fingerprint density at radius 2 is 1.66 bits per heavy atom. The lowest BCUT2D eigenvalue weighted by Gasteiger charge is -2.14. The minimum absolute atomic E-state index is 0.111. The Balaban J connectivity index is 1.77. The molecule has 0 aliphatic heterocycles. The quantitative estimate of drug-likeness (QED) is 0.260. The number of nitrogens with one attached hydrogen (secondary N) is 4. The second-order valence-corrected chi connectivity index (χ2v) is 8.07. The minimum atomic E-state index is -0.822. The lowest BCUT2D eigenvalue weighted by atomic mass is 10.1. The van der Waals surface area contributed by atoms with Crippen LogP contribution in [0.25, 0.3) is 0 Å². The Hall–Kier alpha value is -4.11. The summed E-state index contributed by atoms with van der Waals surface area (Å²) >= 11 is 5.97. The van der Waals surface area contributed by atoms with Crippen LogP contribution in [0.5, 0.6) is 0 Å². The molecular weight excluding hydrogens is 470 g/mol. The summed E-state index contributed by atoms with van der Waals surface area (Å²) in [4.78, 5) is 39.8. The van der Waals surface area contributed by atoms with Gasteiger partial charge in [0.15, 0.2) is 0 Å². The van der Waals surface area contributed by atoms with Gasteiger partial charge in [0.1, 0.15) is 5.82 Å². The number of rotatable bonds is 10. The number of aliphatic carboxylic acids is 1. The van der Waals surface area contributed by atoms with Crippen LogP contribution in [-0.2, 0) is 11.2 Å². The number of hydrogen-bond donors (Lipinski definition) is 5. The van der Waals surface area contributed by atoms with Crippen LogP contribution in [0.4, 0.5) is 27.7 Å². The molecule has 1 heterocycles. The van der Waals surface area contributed by atoms with E-state index in [-0.39, 0.29) is 17.8 Å². The van der Waals surface area contributed by atoms with Crippen molar-refractivity contribution in [1.29, 1.82) is 0 Å². The molecule has 3 rings (SSSR count). The molecule has 0 atom stereocenters. The Bertz CT molecular complexity index is 1180. The Labute approximate surface area is 207 Å². The molecule has 1 aromatic heterocycles. The molecule has 0 bridgehead atoms. The van der Waals surface area contributed by atoms with Gasteiger partial charge >= 0.3 is 12.0 Å². The van der Waals surface area contributed by atoms with E-state index in [1.807, 2.05) is 12.1 Å². The smallest absolute Gasteiger partial charge is 0.320 e. The maximum absolute atomic E-state index is 13.1. The molecule has 0 unspecified atom stereocenters. The molecule has 0 radical (unpaired) electrons. The van der Waals surface area contributed by atoms with Gasteiger partial charge in [0.05, 0.1) is 11.3 Å². The number of benzene rings is 2. The van der Waals surface area contributed by atoms with Crippen LogP contribution in [0.15, 0.2) is 60.8 Å². The maximum atomic E-state index is 13.1. The van der Waals surface area contributed by atoms with Gasteiger partial charge in [-0.2, -0.15) is 0 Å². The third-order valence-corrected chi connectivity index (χ3v) is 5.17. The average Bonchev–Trinajstić information content (AvgIpc) is 2.82. The van der Waals surface area contributed by atoms with Gasteiger partial charge < -0.3 is 21.1 Å². The zero-order chi connectivity index (χ0) is 25.2. The number of aryl methyl sites for hydroxylation is 1. The highest BCUT2D eigenvalue weighted by atomic mass is 35.5. The molecule has 0 spiro atoms. The van der Waals surface area contributed by atoms with E-state index in [1.54, 1.807) is 49.4 Å². The molecule has 35 heavy (non-hydrogen) atoms. The molecule has 5 N–H and O–H groups in total. The first-order valence-electron chi connectivity index (χ1n) is 11.0. The highest BCUT2D eigenvalue weighted by Gasteiger charge is 2.15. The molecule has 10 heteroatoms. The molecular formula is C25H26ClN5O4. The van der Waals surface area contributed by atoms with Crippen molar-refractivity contribution in [3.05, 3.63) is 76.9 Å². The number of aromatic nitrogens is 1. The molecule has 182 valence electrons. The van der Waals surface area contributed by atoms with E-state index in [0.29, 0.717) is 41.5 Å². The van der Waals surface area contributed by atoms with Crippen LogP contribution in [0.3, 0.4) is 0 Å². The molecule has 0 aliphatic rings. The fourth-order valence-electron chi connectivity index (χ4n) is 3.21. The number of carbonyl (C=O) groups excluding carboxylic acids is 2. The van der Waals surface area contributed by atoms with E-state index in [4.69, 9.17) is 16.7 Å². The molecule has 0 aliphatic carbocycles. The normalized spacial score (nSPS) is 10.3. The zero-order valence-electron chi connectivity index (χ0n) is 19.1. The van der Waals surface area contributed by atoms with Crippen molar-refractivity contribution in [1.82, 2.24) is 10.3 Å². The van der Waals surface area contributed by atoms with E-state index in [9.17, 15) is 14.4 Å². The maximum Gasteiger partial charge on any atom is 0.320 e. The van der Waals surface area contributed by atoms with Gasteiger partial charge in [-0.1, -0.05) is 23.7 Å². The summed E-state index contributed by atoms with van der Waals surface area (Å²) in [6, 6.07) is 15.4.